The van der Waals surface area contributed by atoms with Crippen molar-refractivity contribution in [1.29, 1.82) is 0 Å². The zero-order valence-corrected chi connectivity index (χ0v) is 8.52. The zero-order valence-electron chi connectivity index (χ0n) is 5.30. The molecule has 0 bridgehead atoms. The predicted molar refractivity (Wildman–Crippen MR) is 52.5 cm³/mol. The topological polar surface area (TPSA) is 28.7 Å². The van der Waals surface area contributed by atoms with Gasteiger partial charge in [0.15, 0.2) is 3.95 Å². The fourth-order valence-electron chi connectivity index (χ4n) is 0.843. The van der Waals surface area contributed by atoms with Crippen molar-refractivity contribution < 1.29 is 0 Å². The Morgan fingerprint density at radius 3 is 3.09 bits per heavy atom. The molecule has 0 amide bonds. The number of aromatic amines is 1. The van der Waals surface area contributed by atoms with Crippen LogP contribution in [0.1, 0.15) is 0 Å². The minimum atomic E-state index is 0.786. The lowest BCUT2D eigenvalue weighted by molar-refractivity contribution is 1.33. The van der Waals surface area contributed by atoms with Crippen molar-refractivity contribution in [2.24, 2.45) is 0 Å². The molecule has 2 nitrogen and oxygen atoms in total. The minimum Gasteiger partial charge on any atom is -0.336 e. The number of H-pyrrole nitrogens is 1. The van der Waals surface area contributed by atoms with E-state index in [9.17, 15) is 0 Å². The first-order valence-electron chi connectivity index (χ1n) is 2.90. The van der Waals surface area contributed by atoms with E-state index < -0.39 is 0 Å². The van der Waals surface area contributed by atoms with Gasteiger partial charge in [-0.2, -0.15) is 0 Å². The molecule has 0 unspecified atom stereocenters. The van der Waals surface area contributed by atoms with Crippen molar-refractivity contribution in [3.63, 3.8) is 0 Å². The Labute approximate surface area is 80.4 Å². The molecule has 5 heteroatoms. The SMILES string of the molecule is S=c1[nH]c2c(Br)cncc2s1. The fraction of sp³-hybridized carbons (Fsp3) is 0. The summed E-state index contributed by atoms with van der Waals surface area (Å²) in [4.78, 5) is 7.10. The maximum absolute atomic E-state index is 4.99. The molecule has 56 valence electrons. The molecule has 0 aliphatic carbocycles. The van der Waals surface area contributed by atoms with E-state index in [1.165, 1.54) is 11.3 Å². The molecule has 0 aliphatic rings. The first-order chi connectivity index (χ1) is 5.27. The van der Waals surface area contributed by atoms with Crippen molar-refractivity contribution in [2.45, 2.75) is 0 Å². The largest absolute Gasteiger partial charge is 0.336 e. The van der Waals surface area contributed by atoms with Gasteiger partial charge in [-0.15, -0.1) is 11.3 Å². The number of thiazole rings is 1. The van der Waals surface area contributed by atoms with Crippen LogP contribution in [0.15, 0.2) is 16.9 Å². The molecule has 0 fully saturated rings. The number of nitrogens with one attached hydrogen (secondary N) is 1. The van der Waals surface area contributed by atoms with Gasteiger partial charge in [-0.3, -0.25) is 4.98 Å². The van der Waals surface area contributed by atoms with E-state index in [0.717, 1.165) is 18.6 Å². The van der Waals surface area contributed by atoms with Gasteiger partial charge in [0, 0.05) is 12.4 Å². The summed E-state index contributed by atoms with van der Waals surface area (Å²) in [5.41, 5.74) is 1.04. The van der Waals surface area contributed by atoms with E-state index in [-0.39, 0.29) is 0 Å². The number of nitrogens with zero attached hydrogens (tertiary/aromatic N) is 1. The Hall–Kier alpha value is -0.260. The smallest absolute Gasteiger partial charge is 0.159 e. The van der Waals surface area contributed by atoms with Crippen LogP contribution in [-0.4, -0.2) is 9.97 Å². The maximum atomic E-state index is 4.99. The number of hydrogen-bond acceptors (Lipinski definition) is 3. The Balaban J connectivity index is 3.01. The van der Waals surface area contributed by atoms with Crippen LogP contribution in [0, 0.1) is 3.95 Å². The van der Waals surface area contributed by atoms with Crippen LogP contribution in [0.4, 0.5) is 0 Å². The molecule has 0 aromatic carbocycles. The van der Waals surface area contributed by atoms with Crippen molar-refractivity contribution in [3.8, 4) is 0 Å². The highest BCUT2D eigenvalue weighted by atomic mass is 79.9. The van der Waals surface area contributed by atoms with E-state index in [0.29, 0.717) is 0 Å². The highest BCUT2D eigenvalue weighted by Gasteiger charge is 1.99. The van der Waals surface area contributed by atoms with Crippen LogP contribution in [0.3, 0.4) is 0 Å². The van der Waals surface area contributed by atoms with Gasteiger partial charge in [0.2, 0.25) is 0 Å². The van der Waals surface area contributed by atoms with E-state index in [2.05, 4.69) is 25.9 Å². The second kappa shape index (κ2) is 2.66. The Bertz CT molecular complexity index is 445. The first kappa shape index (κ1) is 7.39. The number of fused-ring (bicyclic) bond motifs is 1. The normalized spacial score (nSPS) is 10.6. The molecule has 0 saturated carbocycles. The fourth-order valence-corrected chi connectivity index (χ4v) is 2.51. The molecule has 11 heavy (non-hydrogen) atoms. The molecule has 0 spiro atoms. The van der Waals surface area contributed by atoms with Gasteiger partial charge in [0.05, 0.1) is 14.7 Å². The number of pyridine rings is 1. The molecular formula is C6H3BrN2S2. The van der Waals surface area contributed by atoms with Gasteiger partial charge < -0.3 is 4.98 Å². The summed E-state index contributed by atoms with van der Waals surface area (Å²) in [7, 11) is 0. The molecule has 2 rings (SSSR count). The lowest BCUT2D eigenvalue weighted by Crippen LogP contribution is -1.72. The molecule has 1 N–H and O–H groups in total. The predicted octanol–water partition coefficient (Wildman–Crippen LogP) is 3.12. The van der Waals surface area contributed by atoms with E-state index in [1.807, 2.05) is 0 Å². The second-order valence-corrected chi connectivity index (χ2v) is 4.58. The van der Waals surface area contributed by atoms with Crippen molar-refractivity contribution in [3.05, 3.63) is 20.8 Å². The first-order valence-corrected chi connectivity index (χ1v) is 4.91. The Kier molecular flexibility index (Phi) is 1.78. The van der Waals surface area contributed by atoms with Gasteiger partial charge in [-0.1, -0.05) is 0 Å². The maximum Gasteiger partial charge on any atom is 0.159 e. The average molecular weight is 247 g/mol. The molecule has 0 aliphatic heterocycles. The lowest BCUT2D eigenvalue weighted by atomic mass is 10.4. The van der Waals surface area contributed by atoms with E-state index in [4.69, 9.17) is 12.2 Å². The van der Waals surface area contributed by atoms with Crippen LogP contribution in [0.5, 0.6) is 0 Å². The minimum absolute atomic E-state index is 0.786. The highest BCUT2D eigenvalue weighted by molar-refractivity contribution is 9.10. The molecule has 0 radical (unpaired) electrons. The summed E-state index contributed by atoms with van der Waals surface area (Å²) < 4.78 is 2.83. The molecule has 2 heterocycles. The number of halogens is 1. The van der Waals surface area contributed by atoms with Crippen molar-refractivity contribution in [2.75, 3.05) is 0 Å². The zero-order chi connectivity index (χ0) is 7.84. The lowest BCUT2D eigenvalue weighted by Gasteiger charge is -1.88. The van der Waals surface area contributed by atoms with Crippen LogP contribution < -0.4 is 0 Å². The molecule has 2 aromatic rings. The molecule has 0 atom stereocenters. The van der Waals surface area contributed by atoms with Crippen molar-refractivity contribution in [1.82, 2.24) is 9.97 Å². The molecule has 2 aromatic heterocycles. The number of rotatable bonds is 0. The Morgan fingerprint density at radius 1 is 1.55 bits per heavy atom. The highest BCUT2D eigenvalue weighted by Crippen LogP contribution is 2.24. The third kappa shape index (κ3) is 1.23. The summed E-state index contributed by atoms with van der Waals surface area (Å²) in [6.07, 6.45) is 3.55. The van der Waals surface area contributed by atoms with Gasteiger partial charge in [0.25, 0.3) is 0 Å². The average Bonchev–Trinajstić information content (AvgIpc) is 2.31. The van der Waals surface area contributed by atoms with Gasteiger partial charge >= 0.3 is 0 Å². The quantitative estimate of drug-likeness (QED) is 0.724. The third-order valence-electron chi connectivity index (χ3n) is 1.29. The summed E-state index contributed by atoms with van der Waals surface area (Å²) >= 11 is 9.90. The number of aromatic nitrogens is 2. The third-order valence-corrected chi connectivity index (χ3v) is 3.06. The van der Waals surface area contributed by atoms with Gasteiger partial charge in [0.1, 0.15) is 0 Å². The van der Waals surface area contributed by atoms with Crippen LogP contribution >= 0.6 is 39.5 Å². The summed E-state index contributed by atoms with van der Waals surface area (Å²) in [5, 5.41) is 0. The summed E-state index contributed by atoms with van der Waals surface area (Å²) in [6, 6.07) is 0. The Morgan fingerprint density at radius 2 is 2.36 bits per heavy atom. The van der Waals surface area contributed by atoms with E-state index >= 15 is 0 Å². The van der Waals surface area contributed by atoms with Crippen LogP contribution in [-0.2, 0) is 0 Å². The summed E-state index contributed by atoms with van der Waals surface area (Å²) in [5.74, 6) is 0. The van der Waals surface area contributed by atoms with E-state index in [1.54, 1.807) is 12.4 Å². The number of hydrogen-bond donors (Lipinski definition) is 1. The second-order valence-electron chi connectivity index (χ2n) is 2.01. The molecular weight excluding hydrogens is 244 g/mol. The van der Waals surface area contributed by atoms with Crippen LogP contribution in [0.2, 0.25) is 0 Å². The molecule has 0 saturated heterocycles. The van der Waals surface area contributed by atoms with Gasteiger partial charge in [-0.05, 0) is 28.1 Å². The summed E-state index contributed by atoms with van der Waals surface area (Å²) in [6.45, 7) is 0. The monoisotopic (exact) mass is 246 g/mol. The van der Waals surface area contributed by atoms with Gasteiger partial charge in [-0.25, -0.2) is 0 Å². The standard InChI is InChI=1S/C6H3BrN2S2/c7-3-1-8-2-4-5(3)9-6(10)11-4/h1-2H,(H,9,10). The van der Waals surface area contributed by atoms with Crippen LogP contribution in [0.25, 0.3) is 10.2 Å². The van der Waals surface area contributed by atoms with Crippen molar-refractivity contribution >= 4 is 49.7 Å².